The van der Waals surface area contributed by atoms with E-state index in [-0.39, 0.29) is 17.5 Å². The van der Waals surface area contributed by atoms with E-state index in [0.717, 1.165) is 11.6 Å². The van der Waals surface area contributed by atoms with E-state index in [1.165, 1.54) is 12.1 Å². The first-order valence-electron chi connectivity index (χ1n) is 9.38. The molecule has 0 unspecified atom stereocenters. The van der Waals surface area contributed by atoms with Crippen LogP contribution in [0.2, 0.25) is 0 Å². The SMILES string of the molecule is O=C(O)/C=C/c1nc(CSc2c(F)c(F)cc(F)c2F)ccc1OCCc1ccccc1. The van der Waals surface area contributed by atoms with Gasteiger partial charge in [-0.05, 0) is 23.8 Å². The lowest BCUT2D eigenvalue weighted by Gasteiger charge is -2.11. The van der Waals surface area contributed by atoms with Crippen LogP contribution >= 0.6 is 11.8 Å². The molecule has 4 nitrogen and oxygen atoms in total. The van der Waals surface area contributed by atoms with Crippen molar-refractivity contribution >= 4 is 23.8 Å². The van der Waals surface area contributed by atoms with E-state index in [1.807, 2.05) is 30.3 Å². The summed E-state index contributed by atoms with van der Waals surface area (Å²) in [6.07, 6.45) is 2.73. The first kappa shape index (κ1) is 23.3. The molecule has 0 bridgehead atoms. The van der Waals surface area contributed by atoms with Gasteiger partial charge in [0.15, 0.2) is 23.3 Å². The first-order valence-corrected chi connectivity index (χ1v) is 10.4. The van der Waals surface area contributed by atoms with Gasteiger partial charge < -0.3 is 9.84 Å². The molecule has 1 aromatic heterocycles. The maximum atomic E-state index is 13.9. The van der Waals surface area contributed by atoms with Crippen LogP contribution in [0, 0.1) is 23.3 Å². The Morgan fingerprint density at radius 1 is 1.03 bits per heavy atom. The molecule has 1 heterocycles. The van der Waals surface area contributed by atoms with Crippen LogP contribution in [0.15, 0.2) is 59.5 Å². The lowest BCUT2D eigenvalue weighted by Crippen LogP contribution is -2.04. The zero-order valence-corrected chi connectivity index (χ0v) is 17.3. The van der Waals surface area contributed by atoms with E-state index in [9.17, 15) is 22.4 Å². The summed E-state index contributed by atoms with van der Waals surface area (Å²) in [5, 5.41) is 8.91. The highest BCUT2D eigenvalue weighted by molar-refractivity contribution is 7.98. The Morgan fingerprint density at radius 3 is 2.38 bits per heavy atom. The van der Waals surface area contributed by atoms with Crippen LogP contribution in [0.25, 0.3) is 6.08 Å². The molecular formula is C23H17F4NO3S. The van der Waals surface area contributed by atoms with Crippen molar-refractivity contribution in [3.05, 3.63) is 94.8 Å². The maximum Gasteiger partial charge on any atom is 0.328 e. The summed E-state index contributed by atoms with van der Waals surface area (Å²) in [5.41, 5.74) is 1.56. The fraction of sp³-hybridized carbons (Fsp3) is 0.130. The van der Waals surface area contributed by atoms with Gasteiger partial charge in [0.05, 0.1) is 17.2 Å². The molecule has 0 atom stereocenters. The summed E-state index contributed by atoms with van der Waals surface area (Å²) in [7, 11) is 0. The summed E-state index contributed by atoms with van der Waals surface area (Å²) in [6.45, 7) is 0.312. The largest absolute Gasteiger partial charge is 0.491 e. The van der Waals surface area contributed by atoms with E-state index < -0.39 is 34.1 Å². The van der Waals surface area contributed by atoms with Crippen molar-refractivity contribution in [1.29, 1.82) is 0 Å². The Kier molecular flexibility index (Phi) is 7.88. The highest BCUT2D eigenvalue weighted by Gasteiger charge is 2.20. The number of nitrogens with zero attached hydrogens (tertiary/aromatic N) is 1. The molecule has 0 radical (unpaired) electrons. The number of halogens is 4. The van der Waals surface area contributed by atoms with Gasteiger partial charge in [0, 0.05) is 24.3 Å². The quantitative estimate of drug-likeness (QED) is 0.192. The van der Waals surface area contributed by atoms with Crippen molar-refractivity contribution < 1.29 is 32.2 Å². The lowest BCUT2D eigenvalue weighted by molar-refractivity contribution is -0.131. The molecule has 0 aliphatic rings. The normalized spacial score (nSPS) is 11.1. The Balaban J connectivity index is 1.76. The van der Waals surface area contributed by atoms with Gasteiger partial charge in [-0.2, -0.15) is 0 Å². The van der Waals surface area contributed by atoms with Gasteiger partial charge in [-0.3, -0.25) is 0 Å². The van der Waals surface area contributed by atoms with E-state index in [2.05, 4.69) is 4.98 Å². The number of aliphatic carboxylic acids is 1. The number of pyridine rings is 1. The molecule has 9 heteroatoms. The van der Waals surface area contributed by atoms with Gasteiger partial charge in [-0.1, -0.05) is 30.3 Å². The molecule has 0 amide bonds. The third-order valence-electron chi connectivity index (χ3n) is 4.25. The second-order valence-corrected chi connectivity index (χ2v) is 7.51. The summed E-state index contributed by atoms with van der Waals surface area (Å²) in [6, 6.07) is 12.8. The topological polar surface area (TPSA) is 59.4 Å². The summed E-state index contributed by atoms with van der Waals surface area (Å²) in [4.78, 5) is 14.4. The molecule has 2 aromatic carbocycles. The third kappa shape index (κ3) is 6.10. The number of hydrogen-bond acceptors (Lipinski definition) is 4. The molecule has 0 saturated heterocycles. The van der Waals surface area contributed by atoms with E-state index in [0.29, 0.717) is 36.2 Å². The fourth-order valence-corrected chi connectivity index (χ4v) is 3.63. The molecule has 166 valence electrons. The second-order valence-electron chi connectivity index (χ2n) is 6.53. The Bertz CT molecular complexity index is 1110. The standard InChI is InChI=1S/C23H17F4NO3S/c24-16-12-17(25)22(27)23(21(16)26)32-13-15-6-8-19(18(28-15)7-9-20(29)30)31-11-10-14-4-2-1-3-5-14/h1-9,12H,10-11,13H2,(H,29,30)/b9-7+. The van der Waals surface area contributed by atoms with Gasteiger partial charge in [-0.25, -0.2) is 27.3 Å². The Morgan fingerprint density at radius 2 is 1.72 bits per heavy atom. The van der Waals surface area contributed by atoms with E-state index in [1.54, 1.807) is 6.07 Å². The Labute approximate surface area is 185 Å². The molecule has 1 N–H and O–H groups in total. The molecule has 0 fully saturated rings. The highest BCUT2D eigenvalue weighted by atomic mass is 32.2. The van der Waals surface area contributed by atoms with Crippen molar-refractivity contribution in [2.24, 2.45) is 0 Å². The number of aromatic nitrogens is 1. The van der Waals surface area contributed by atoms with Crippen molar-refractivity contribution in [1.82, 2.24) is 4.98 Å². The molecule has 0 aliphatic heterocycles. The molecule has 32 heavy (non-hydrogen) atoms. The van der Waals surface area contributed by atoms with Crippen molar-refractivity contribution in [2.75, 3.05) is 6.61 Å². The van der Waals surface area contributed by atoms with Crippen LogP contribution in [-0.2, 0) is 17.0 Å². The van der Waals surface area contributed by atoms with Crippen LogP contribution in [0.1, 0.15) is 17.0 Å². The minimum atomic E-state index is -1.49. The van der Waals surface area contributed by atoms with Gasteiger partial charge in [0.2, 0.25) is 0 Å². The number of carbonyl (C=O) groups is 1. The van der Waals surface area contributed by atoms with Gasteiger partial charge in [0.25, 0.3) is 0 Å². The number of carboxylic acid groups (broad SMARTS) is 1. The highest BCUT2D eigenvalue weighted by Crippen LogP contribution is 2.31. The molecule has 3 aromatic rings. The van der Waals surface area contributed by atoms with Gasteiger partial charge in [0.1, 0.15) is 11.4 Å². The van der Waals surface area contributed by atoms with Crippen molar-refractivity contribution in [3.8, 4) is 5.75 Å². The predicted octanol–water partition coefficient (Wildman–Crippen LogP) is 5.65. The molecule has 0 spiro atoms. The van der Waals surface area contributed by atoms with Gasteiger partial charge in [-0.15, -0.1) is 11.8 Å². The molecule has 3 rings (SSSR count). The van der Waals surface area contributed by atoms with Crippen LogP contribution in [0.4, 0.5) is 17.6 Å². The maximum absolute atomic E-state index is 13.9. The number of rotatable bonds is 9. The number of ether oxygens (including phenoxy) is 1. The zero-order valence-electron chi connectivity index (χ0n) is 16.5. The van der Waals surface area contributed by atoms with Crippen molar-refractivity contribution in [3.63, 3.8) is 0 Å². The summed E-state index contributed by atoms with van der Waals surface area (Å²) >= 11 is 0.535. The minimum Gasteiger partial charge on any atom is -0.491 e. The lowest BCUT2D eigenvalue weighted by atomic mass is 10.2. The van der Waals surface area contributed by atoms with Crippen molar-refractivity contribution in [2.45, 2.75) is 17.1 Å². The number of hydrogen-bond donors (Lipinski definition) is 1. The third-order valence-corrected chi connectivity index (χ3v) is 5.34. The van der Waals surface area contributed by atoms with Crippen LogP contribution < -0.4 is 4.74 Å². The summed E-state index contributed by atoms with van der Waals surface area (Å²) < 4.78 is 60.2. The average Bonchev–Trinajstić information content (AvgIpc) is 2.78. The second kappa shape index (κ2) is 10.8. The van der Waals surface area contributed by atoms with Crippen LogP contribution in [-0.4, -0.2) is 22.7 Å². The molecular weight excluding hydrogens is 446 g/mol. The van der Waals surface area contributed by atoms with E-state index in [4.69, 9.17) is 9.84 Å². The number of thioether (sulfide) groups is 1. The average molecular weight is 463 g/mol. The predicted molar refractivity (Wildman–Crippen MR) is 112 cm³/mol. The molecule has 0 aliphatic carbocycles. The monoisotopic (exact) mass is 463 g/mol. The first-order chi connectivity index (χ1) is 15.3. The molecule has 0 saturated carbocycles. The zero-order chi connectivity index (χ0) is 23.1. The Hall–Kier alpha value is -3.33. The van der Waals surface area contributed by atoms with Crippen LogP contribution in [0.5, 0.6) is 5.75 Å². The smallest absolute Gasteiger partial charge is 0.328 e. The van der Waals surface area contributed by atoms with E-state index >= 15 is 0 Å². The number of benzene rings is 2. The minimum absolute atomic E-state index is 0.116. The van der Waals surface area contributed by atoms with Gasteiger partial charge >= 0.3 is 5.97 Å². The van der Waals surface area contributed by atoms with Crippen LogP contribution in [0.3, 0.4) is 0 Å². The number of carboxylic acids is 1. The fourth-order valence-electron chi connectivity index (χ4n) is 2.72. The summed E-state index contributed by atoms with van der Waals surface area (Å²) in [5.74, 6) is -6.95.